The summed E-state index contributed by atoms with van der Waals surface area (Å²) in [6.45, 7) is -2.62. The lowest BCUT2D eigenvalue weighted by molar-refractivity contribution is -0.388. The third-order valence-corrected chi connectivity index (χ3v) is 7.68. The van der Waals surface area contributed by atoms with Crippen LogP contribution < -0.4 is 5.73 Å². The van der Waals surface area contributed by atoms with Crippen LogP contribution in [0.5, 0.6) is 0 Å². The van der Waals surface area contributed by atoms with Crippen LogP contribution >= 0.6 is 0 Å². The lowest BCUT2D eigenvalue weighted by Gasteiger charge is -2.49. The number of rotatable bonds is 14. The fraction of sp³-hybridized carbons (Fsp3) is 1.00. The van der Waals surface area contributed by atoms with Crippen molar-refractivity contribution < 1.29 is 94.8 Å². The Bertz CT molecular complexity index is 847. The Hall–Kier alpha value is -0.800. The molecule has 20 nitrogen and oxygen atoms in total. The van der Waals surface area contributed by atoms with Crippen LogP contribution in [0.25, 0.3) is 0 Å². The summed E-state index contributed by atoms with van der Waals surface area (Å²) in [7, 11) is 0. The van der Waals surface area contributed by atoms with Gasteiger partial charge in [0.25, 0.3) is 0 Å². The van der Waals surface area contributed by atoms with Crippen molar-refractivity contribution in [3.05, 3.63) is 0 Å². The van der Waals surface area contributed by atoms with Crippen molar-refractivity contribution >= 4 is 0 Å². The van der Waals surface area contributed by atoms with Gasteiger partial charge < -0.3 is 101 Å². The van der Waals surface area contributed by atoms with Gasteiger partial charge in [0.15, 0.2) is 18.9 Å². The summed E-state index contributed by atoms with van der Waals surface area (Å²) in [4.78, 5) is 0. The smallest absolute Gasteiger partial charge is 0.187 e. The van der Waals surface area contributed by atoms with Gasteiger partial charge in [-0.1, -0.05) is 0 Å². The monoisotopic (exact) mass is 651 g/mol. The van der Waals surface area contributed by atoms with E-state index in [9.17, 15) is 66.4 Å². The molecule has 0 aromatic carbocycles. The van der Waals surface area contributed by atoms with Crippen LogP contribution in [0.2, 0.25) is 0 Å². The van der Waals surface area contributed by atoms with Crippen LogP contribution in [0.3, 0.4) is 0 Å². The maximum atomic E-state index is 11.1. The van der Waals surface area contributed by atoms with Crippen molar-refractivity contribution in [3.63, 3.8) is 0 Å². The first kappa shape index (κ1) is 37.7. The van der Waals surface area contributed by atoms with E-state index >= 15 is 0 Å². The van der Waals surface area contributed by atoms with Crippen molar-refractivity contribution in [3.8, 4) is 0 Å². The fourth-order valence-electron chi connectivity index (χ4n) is 5.14. The summed E-state index contributed by atoms with van der Waals surface area (Å²) in [5.41, 5.74) is 5.45. The largest absolute Gasteiger partial charge is 0.394 e. The maximum absolute atomic E-state index is 11.1. The Morgan fingerprint density at radius 3 is 1.34 bits per heavy atom. The summed E-state index contributed by atoms with van der Waals surface area (Å²) in [6.07, 6.45) is -33.1. The number of hydrogen-bond donors (Lipinski definition) is 14. The van der Waals surface area contributed by atoms with Crippen molar-refractivity contribution in [1.82, 2.24) is 0 Å². The van der Waals surface area contributed by atoms with Gasteiger partial charge in [0.1, 0.15) is 91.6 Å². The first-order chi connectivity index (χ1) is 20.8. The normalized spacial score (nSPS) is 45.5. The zero-order valence-corrected chi connectivity index (χ0v) is 23.5. The Labute approximate surface area is 250 Å². The maximum Gasteiger partial charge on any atom is 0.187 e. The molecule has 3 fully saturated rings. The van der Waals surface area contributed by atoms with Gasteiger partial charge >= 0.3 is 0 Å². The summed E-state index contributed by atoms with van der Waals surface area (Å²) in [5, 5.41) is 133. The van der Waals surface area contributed by atoms with Gasteiger partial charge in [0.05, 0.1) is 26.4 Å². The molecule has 0 radical (unpaired) electrons. The molecule has 0 saturated carbocycles. The van der Waals surface area contributed by atoms with Crippen LogP contribution in [0.1, 0.15) is 6.42 Å². The molecule has 3 saturated heterocycles. The molecular formula is C24H45NO19. The van der Waals surface area contributed by atoms with Gasteiger partial charge in [-0.15, -0.1) is 0 Å². The number of hydrogen-bond acceptors (Lipinski definition) is 20. The SMILES string of the molecule is NCCCO[C@H]1O[C@H]([C@H](O)CO)[C@@H](O)[C@H](O[C@H]2O[C@H]([C@H](O)CO)[C@@H](O)[C@H](O[C@H]3O[C@H]([C@H](O)CO)[C@@H](O)[C@H](O)[C@@H]3O)[C@@H]2O)[C@@H]1O. The van der Waals surface area contributed by atoms with Gasteiger partial charge in [0.2, 0.25) is 0 Å². The molecule has 0 aromatic heterocycles. The molecular weight excluding hydrogens is 606 g/mol. The third kappa shape index (κ3) is 8.18. The zero-order valence-electron chi connectivity index (χ0n) is 23.5. The van der Waals surface area contributed by atoms with Crippen LogP contribution in [-0.4, -0.2) is 210 Å². The van der Waals surface area contributed by atoms with E-state index < -0.39 is 130 Å². The Morgan fingerprint density at radius 1 is 0.523 bits per heavy atom. The second-order valence-corrected chi connectivity index (χ2v) is 10.8. The number of ether oxygens (including phenoxy) is 6. The average Bonchev–Trinajstić information content (AvgIpc) is 3.01. The molecule has 0 amide bonds. The minimum atomic E-state index is -2.10. The van der Waals surface area contributed by atoms with Gasteiger partial charge in [0, 0.05) is 0 Å². The summed E-state index contributed by atoms with van der Waals surface area (Å²) < 4.78 is 32.8. The third-order valence-electron chi connectivity index (χ3n) is 7.68. The highest BCUT2D eigenvalue weighted by molar-refractivity contribution is 4.99. The van der Waals surface area contributed by atoms with Crippen LogP contribution in [0, 0.1) is 0 Å². The van der Waals surface area contributed by atoms with Gasteiger partial charge in [-0.2, -0.15) is 0 Å². The number of nitrogens with two attached hydrogens (primary N) is 1. The molecule has 3 heterocycles. The summed E-state index contributed by atoms with van der Waals surface area (Å²) >= 11 is 0. The Morgan fingerprint density at radius 2 is 0.909 bits per heavy atom. The first-order valence-electron chi connectivity index (χ1n) is 14.0. The van der Waals surface area contributed by atoms with Crippen molar-refractivity contribution in [2.45, 2.75) is 117 Å². The minimum Gasteiger partial charge on any atom is -0.394 e. The average molecular weight is 652 g/mol. The van der Waals surface area contributed by atoms with E-state index in [2.05, 4.69) is 0 Å². The molecule has 20 heteroatoms. The second-order valence-electron chi connectivity index (χ2n) is 10.8. The van der Waals surface area contributed by atoms with E-state index in [1.165, 1.54) is 0 Å². The molecule has 0 bridgehead atoms. The molecule has 0 aromatic rings. The fourth-order valence-corrected chi connectivity index (χ4v) is 5.14. The molecule has 3 aliphatic rings. The van der Waals surface area contributed by atoms with Crippen molar-refractivity contribution in [1.29, 1.82) is 0 Å². The predicted molar refractivity (Wildman–Crippen MR) is 137 cm³/mol. The topological polar surface area (TPSA) is 344 Å². The molecule has 3 aliphatic heterocycles. The molecule has 0 aliphatic carbocycles. The van der Waals surface area contributed by atoms with E-state index in [1.807, 2.05) is 0 Å². The lowest BCUT2D eigenvalue weighted by Crippen LogP contribution is -2.68. The zero-order chi connectivity index (χ0) is 32.9. The number of aliphatic hydroxyl groups excluding tert-OH is 13. The molecule has 0 unspecified atom stereocenters. The van der Waals surface area contributed by atoms with E-state index in [1.54, 1.807) is 0 Å². The highest BCUT2D eigenvalue weighted by Crippen LogP contribution is 2.34. The second kappa shape index (κ2) is 16.9. The van der Waals surface area contributed by atoms with E-state index in [0.29, 0.717) is 6.42 Å². The highest BCUT2D eigenvalue weighted by atomic mass is 16.8. The lowest BCUT2D eigenvalue weighted by atomic mass is 9.92. The minimum absolute atomic E-state index is 0.0331. The van der Waals surface area contributed by atoms with Gasteiger partial charge in [-0.25, -0.2) is 0 Å². The predicted octanol–water partition coefficient (Wildman–Crippen LogP) is -9.12. The van der Waals surface area contributed by atoms with Crippen molar-refractivity contribution in [2.75, 3.05) is 33.0 Å². The van der Waals surface area contributed by atoms with E-state index in [-0.39, 0.29) is 13.2 Å². The molecule has 44 heavy (non-hydrogen) atoms. The van der Waals surface area contributed by atoms with Gasteiger partial charge in [-0.3, -0.25) is 0 Å². The van der Waals surface area contributed by atoms with Crippen LogP contribution in [0.4, 0.5) is 0 Å². The van der Waals surface area contributed by atoms with Crippen molar-refractivity contribution in [2.24, 2.45) is 5.73 Å². The quantitative estimate of drug-likeness (QED) is 0.0775. The summed E-state index contributed by atoms with van der Waals surface area (Å²) in [5.74, 6) is 0. The highest BCUT2D eigenvalue weighted by Gasteiger charge is 2.56. The Kier molecular flexibility index (Phi) is 14.4. The standard InChI is InChI=1S/C24H45NO19/c25-2-1-3-39-22-15(37)20(13(35)18(40-22)8(30)5-27)44-24-16(38)21(14(36)19(42-24)9(31)6-28)43-23-12(34)10(32)11(33)17(41-23)7(29)4-26/h7-24,26-38H,1-6,25H2/t7-,8-,9-,10+,11+,12+,13-,14-,15+,16+,17-,18-,19-,20+,21+,22+,23-,24-/m1/s1. The summed E-state index contributed by atoms with van der Waals surface area (Å²) in [6, 6.07) is 0. The Balaban J connectivity index is 1.88. The van der Waals surface area contributed by atoms with E-state index in [0.717, 1.165) is 0 Å². The van der Waals surface area contributed by atoms with Crippen LogP contribution in [0.15, 0.2) is 0 Å². The number of aliphatic hydroxyl groups is 13. The molecule has 15 N–H and O–H groups in total. The first-order valence-corrected chi connectivity index (χ1v) is 14.0. The van der Waals surface area contributed by atoms with E-state index in [4.69, 9.17) is 34.2 Å². The molecule has 260 valence electrons. The molecule has 0 spiro atoms. The van der Waals surface area contributed by atoms with Gasteiger partial charge in [-0.05, 0) is 13.0 Å². The van der Waals surface area contributed by atoms with Crippen LogP contribution in [-0.2, 0) is 28.4 Å². The molecule has 18 atom stereocenters. The molecule has 3 rings (SSSR count).